The molecule has 1 aliphatic rings. The highest BCUT2D eigenvalue weighted by Crippen LogP contribution is 2.12. The van der Waals surface area contributed by atoms with Crippen molar-refractivity contribution in [3.8, 4) is 5.75 Å². The first-order valence-corrected chi connectivity index (χ1v) is 9.37. The van der Waals surface area contributed by atoms with Crippen LogP contribution in [0.3, 0.4) is 0 Å². The van der Waals surface area contributed by atoms with Crippen LogP contribution in [0.2, 0.25) is 0 Å². The largest absolute Gasteiger partial charge is 0.497 e. The average molecular weight is 386 g/mol. The third-order valence-corrected chi connectivity index (χ3v) is 4.90. The van der Waals surface area contributed by atoms with Gasteiger partial charge < -0.3 is 20.3 Å². The number of hydrogen-bond donors (Lipinski definition) is 3. The van der Waals surface area contributed by atoms with E-state index in [-0.39, 0.29) is 23.7 Å². The van der Waals surface area contributed by atoms with E-state index >= 15 is 0 Å². The van der Waals surface area contributed by atoms with Crippen molar-refractivity contribution in [2.45, 2.75) is 18.9 Å². The summed E-state index contributed by atoms with van der Waals surface area (Å²) in [6.07, 6.45) is 1.62. The number of anilines is 1. The molecule has 0 atom stereocenters. The summed E-state index contributed by atoms with van der Waals surface area (Å²) in [5.74, 6) is 0.102. The lowest BCUT2D eigenvalue weighted by molar-refractivity contribution is -0.897. The normalized spacial score (nSPS) is 18.9. The van der Waals surface area contributed by atoms with E-state index in [1.165, 1.54) is 12.1 Å². The lowest BCUT2D eigenvalue weighted by Gasteiger charge is -2.29. The zero-order chi connectivity index (χ0) is 19.9. The van der Waals surface area contributed by atoms with Gasteiger partial charge in [-0.15, -0.1) is 0 Å². The van der Waals surface area contributed by atoms with Crippen molar-refractivity contribution in [1.29, 1.82) is 0 Å². The van der Waals surface area contributed by atoms with E-state index in [9.17, 15) is 14.0 Å². The van der Waals surface area contributed by atoms with Gasteiger partial charge in [-0.3, -0.25) is 9.59 Å². The van der Waals surface area contributed by atoms with Crippen LogP contribution in [0.1, 0.15) is 23.2 Å². The Morgan fingerprint density at radius 1 is 1.14 bits per heavy atom. The maximum atomic E-state index is 13.2. The lowest BCUT2D eigenvalue weighted by Crippen LogP contribution is -3.14. The molecule has 1 heterocycles. The summed E-state index contributed by atoms with van der Waals surface area (Å²) in [5, 5.41) is 5.78. The van der Waals surface area contributed by atoms with Crippen molar-refractivity contribution in [3.63, 3.8) is 0 Å². The molecule has 0 bridgehead atoms. The predicted octanol–water partition coefficient (Wildman–Crippen LogP) is 1.25. The molecular weight excluding hydrogens is 361 g/mol. The Kier molecular flexibility index (Phi) is 6.60. The smallest absolute Gasteiger partial charge is 0.279 e. The first kappa shape index (κ1) is 19.8. The number of hydrogen-bond acceptors (Lipinski definition) is 3. The van der Waals surface area contributed by atoms with Gasteiger partial charge in [-0.25, -0.2) is 4.39 Å². The molecule has 0 spiro atoms. The van der Waals surface area contributed by atoms with E-state index in [0.29, 0.717) is 23.5 Å². The second-order valence-corrected chi connectivity index (χ2v) is 6.96. The maximum absolute atomic E-state index is 13.2. The van der Waals surface area contributed by atoms with E-state index in [2.05, 4.69) is 10.6 Å². The van der Waals surface area contributed by atoms with E-state index in [1.807, 2.05) is 0 Å². The quantitative estimate of drug-likeness (QED) is 0.700. The van der Waals surface area contributed by atoms with E-state index < -0.39 is 0 Å². The number of benzene rings is 2. The molecule has 2 amide bonds. The number of piperidine rings is 1. The minimum absolute atomic E-state index is 0.0973. The molecule has 2 aromatic carbocycles. The molecule has 1 aliphatic heterocycles. The van der Waals surface area contributed by atoms with Gasteiger partial charge in [0.1, 0.15) is 11.6 Å². The molecule has 1 fully saturated rings. The number of ether oxygens (including phenoxy) is 1. The molecule has 6 nitrogen and oxygen atoms in total. The first-order valence-electron chi connectivity index (χ1n) is 9.37. The molecule has 148 valence electrons. The SMILES string of the molecule is COc1ccc(C(=O)NC2CC[NH+](CC(=O)Nc3cccc(F)c3)CC2)cc1. The molecule has 0 aliphatic carbocycles. The van der Waals surface area contributed by atoms with Gasteiger partial charge in [0.2, 0.25) is 0 Å². The van der Waals surface area contributed by atoms with Crippen LogP contribution in [-0.2, 0) is 4.79 Å². The lowest BCUT2D eigenvalue weighted by atomic mass is 10.0. The molecule has 0 radical (unpaired) electrons. The first-order chi connectivity index (χ1) is 13.5. The number of carbonyl (C=O) groups is 2. The second-order valence-electron chi connectivity index (χ2n) is 6.96. The van der Waals surface area contributed by atoms with Crippen LogP contribution in [0.15, 0.2) is 48.5 Å². The van der Waals surface area contributed by atoms with Crippen LogP contribution < -0.4 is 20.3 Å². The standard InChI is InChI=1S/C21H24FN3O3/c1-28-19-7-5-15(6-8-19)21(27)24-17-9-11-25(12-10-17)14-20(26)23-18-4-2-3-16(22)13-18/h2-8,13,17H,9-12,14H2,1H3,(H,23,26)(H,24,27)/p+1. The Balaban J connectivity index is 1.42. The summed E-state index contributed by atoms with van der Waals surface area (Å²) in [4.78, 5) is 25.7. The van der Waals surface area contributed by atoms with E-state index in [4.69, 9.17) is 4.74 Å². The van der Waals surface area contributed by atoms with Crippen LogP contribution in [-0.4, -0.2) is 44.6 Å². The maximum Gasteiger partial charge on any atom is 0.279 e. The van der Waals surface area contributed by atoms with Crippen LogP contribution in [0.25, 0.3) is 0 Å². The van der Waals surface area contributed by atoms with Gasteiger partial charge in [0.15, 0.2) is 6.54 Å². The fourth-order valence-corrected chi connectivity index (χ4v) is 3.36. The van der Waals surface area contributed by atoms with Gasteiger partial charge in [0.25, 0.3) is 11.8 Å². The molecule has 0 saturated carbocycles. The average Bonchev–Trinajstić information content (AvgIpc) is 2.69. The van der Waals surface area contributed by atoms with Gasteiger partial charge in [0, 0.05) is 30.1 Å². The highest BCUT2D eigenvalue weighted by Gasteiger charge is 2.25. The number of likely N-dealkylation sites (tertiary alicyclic amines) is 1. The summed E-state index contributed by atoms with van der Waals surface area (Å²) in [5.41, 5.74) is 1.07. The van der Waals surface area contributed by atoms with Crippen molar-refractivity contribution in [2.24, 2.45) is 0 Å². The van der Waals surface area contributed by atoms with Crippen molar-refractivity contribution in [1.82, 2.24) is 5.32 Å². The number of quaternary nitrogens is 1. The van der Waals surface area contributed by atoms with E-state index in [0.717, 1.165) is 30.8 Å². The summed E-state index contributed by atoms with van der Waals surface area (Å²) >= 11 is 0. The van der Waals surface area contributed by atoms with E-state index in [1.54, 1.807) is 43.5 Å². The molecule has 3 N–H and O–H groups in total. The molecule has 3 rings (SSSR count). The van der Waals surface area contributed by atoms with Gasteiger partial charge in [0.05, 0.1) is 20.2 Å². The van der Waals surface area contributed by atoms with Gasteiger partial charge in [-0.1, -0.05) is 6.07 Å². The second kappa shape index (κ2) is 9.32. The summed E-state index contributed by atoms with van der Waals surface area (Å²) < 4.78 is 18.3. The third kappa shape index (κ3) is 5.53. The molecule has 2 aromatic rings. The fourth-order valence-electron chi connectivity index (χ4n) is 3.36. The topological polar surface area (TPSA) is 71.9 Å². The number of amides is 2. The van der Waals surface area contributed by atoms with Crippen LogP contribution in [0, 0.1) is 5.82 Å². The van der Waals surface area contributed by atoms with Gasteiger partial charge >= 0.3 is 0 Å². The monoisotopic (exact) mass is 386 g/mol. The Labute approximate surface area is 163 Å². The number of methoxy groups -OCH3 is 1. The molecule has 28 heavy (non-hydrogen) atoms. The minimum Gasteiger partial charge on any atom is -0.497 e. The fraction of sp³-hybridized carbons (Fsp3) is 0.333. The predicted molar refractivity (Wildman–Crippen MR) is 104 cm³/mol. The number of rotatable bonds is 6. The van der Waals surface area contributed by atoms with Crippen LogP contribution in [0.4, 0.5) is 10.1 Å². The number of carbonyl (C=O) groups excluding carboxylic acids is 2. The zero-order valence-electron chi connectivity index (χ0n) is 15.8. The van der Waals surface area contributed by atoms with Crippen LogP contribution in [0.5, 0.6) is 5.75 Å². The summed E-state index contributed by atoms with van der Waals surface area (Å²) in [6.45, 7) is 1.92. The third-order valence-electron chi connectivity index (χ3n) is 4.90. The van der Waals surface area contributed by atoms with Crippen molar-refractivity contribution < 1.29 is 23.6 Å². The molecular formula is C21H25FN3O3+. The van der Waals surface area contributed by atoms with Gasteiger partial charge in [-0.2, -0.15) is 0 Å². The summed E-state index contributed by atoms with van der Waals surface area (Å²) in [7, 11) is 1.59. The highest BCUT2D eigenvalue weighted by molar-refractivity contribution is 5.94. The zero-order valence-corrected chi connectivity index (χ0v) is 15.8. The van der Waals surface area contributed by atoms with Crippen LogP contribution >= 0.6 is 0 Å². The molecule has 0 aromatic heterocycles. The molecule has 1 saturated heterocycles. The van der Waals surface area contributed by atoms with Crippen molar-refractivity contribution in [2.75, 3.05) is 32.1 Å². The Bertz CT molecular complexity index is 818. The Morgan fingerprint density at radius 3 is 2.50 bits per heavy atom. The Morgan fingerprint density at radius 2 is 1.86 bits per heavy atom. The molecule has 0 unspecified atom stereocenters. The Hall–Kier alpha value is -2.93. The van der Waals surface area contributed by atoms with Crippen molar-refractivity contribution >= 4 is 17.5 Å². The number of nitrogens with one attached hydrogen (secondary N) is 3. The van der Waals surface area contributed by atoms with Crippen molar-refractivity contribution in [3.05, 3.63) is 59.9 Å². The minimum atomic E-state index is -0.376. The van der Waals surface area contributed by atoms with Gasteiger partial charge in [-0.05, 0) is 42.5 Å². The number of halogens is 1. The summed E-state index contributed by atoms with van der Waals surface area (Å²) in [6, 6.07) is 13.0. The highest BCUT2D eigenvalue weighted by atomic mass is 19.1. The molecule has 7 heteroatoms.